The topological polar surface area (TPSA) is 49.3 Å². The molecule has 3 heteroatoms. The lowest BCUT2D eigenvalue weighted by molar-refractivity contribution is -0.136. The average molecular weight is 159 g/mol. The molecule has 1 atom stereocenters. The van der Waals surface area contributed by atoms with Crippen LogP contribution in [0.2, 0.25) is 0 Å². The predicted molar refractivity (Wildman–Crippen MR) is 44.6 cm³/mol. The minimum Gasteiger partial charge on any atom is -0.481 e. The van der Waals surface area contributed by atoms with E-state index in [1.165, 1.54) is 0 Å². The van der Waals surface area contributed by atoms with E-state index in [2.05, 4.69) is 26.1 Å². The molecule has 0 saturated carbocycles. The molecule has 0 aromatic carbocycles. The van der Waals surface area contributed by atoms with Crippen LogP contribution in [-0.2, 0) is 4.79 Å². The molecule has 0 radical (unpaired) electrons. The Morgan fingerprint density at radius 2 is 2.00 bits per heavy atom. The second kappa shape index (κ2) is 5.13. The van der Waals surface area contributed by atoms with Crippen molar-refractivity contribution in [1.82, 2.24) is 5.32 Å². The first-order valence-corrected chi connectivity index (χ1v) is 3.99. The molecule has 0 amide bonds. The van der Waals surface area contributed by atoms with Crippen molar-refractivity contribution in [2.75, 3.05) is 6.54 Å². The normalized spacial score (nSPS) is 13.5. The molecule has 11 heavy (non-hydrogen) atoms. The number of carbonyl (C=O) groups is 1. The second-order valence-electron chi connectivity index (χ2n) is 3.13. The lowest BCUT2D eigenvalue weighted by Crippen LogP contribution is -2.32. The van der Waals surface area contributed by atoms with E-state index in [1.807, 2.05) is 0 Å². The van der Waals surface area contributed by atoms with Crippen molar-refractivity contribution in [1.29, 1.82) is 0 Å². The highest BCUT2D eigenvalue weighted by atomic mass is 16.4. The minimum atomic E-state index is -0.742. The maximum Gasteiger partial charge on any atom is 0.304 e. The zero-order chi connectivity index (χ0) is 8.85. The molecule has 0 fully saturated rings. The number of nitrogens with one attached hydrogen (secondary N) is 1. The summed E-state index contributed by atoms with van der Waals surface area (Å²) in [5.74, 6) is -0.183. The first kappa shape index (κ1) is 10.4. The maximum atomic E-state index is 10.1. The molecule has 0 spiro atoms. The van der Waals surface area contributed by atoms with Crippen LogP contribution in [0.25, 0.3) is 0 Å². The molecule has 0 aliphatic rings. The molecule has 0 rings (SSSR count). The zero-order valence-corrected chi connectivity index (χ0v) is 7.42. The minimum absolute atomic E-state index is 0.205. The fourth-order valence-electron chi connectivity index (χ4n) is 0.642. The van der Waals surface area contributed by atoms with Crippen LogP contribution in [0.5, 0.6) is 0 Å². The van der Waals surface area contributed by atoms with Gasteiger partial charge >= 0.3 is 5.97 Å². The zero-order valence-electron chi connectivity index (χ0n) is 7.42. The second-order valence-corrected chi connectivity index (χ2v) is 3.13. The van der Waals surface area contributed by atoms with E-state index < -0.39 is 5.97 Å². The van der Waals surface area contributed by atoms with Gasteiger partial charge in [0.15, 0.2) is 0 Å². The summed E-state index contributed by atoms with van der Waals surface area (Å²) in [6, 6.07) is 0.398. The van der Waals surface area contributed by atoms with E-state index in [1.54, 1.807) is 0 Å². The third-order valence-corrected chi connectivity index (χ3v) is 1.81. The standard InChI is InChI=1S/C8H17NO2/c1-6(2)7(3)9-5-4-8(10)11/h6-7,9H,4-5H2,1-3H3,(H,10,11). The van der Waals surface area contributed by atoms with Gasteiger partial charge in [0.25, 0.3) is 0 Å². The van der Waals surface area contributed by atoms with Crippen LogP contribution in [0.1, 0.15) is 27.2 Å². The number of hydrogen-bond acceptors (Lipinski definition) is 2. The van der Waals surface area contributed by atoms with Gasteiger partial charge in [0.05, 0.1) is 6.42 Å². The summed E-state index contributed by atoms with van der Waals surface area (Å²) in [5, 5.41) is 11.5. The van der Waals surface area contributed by atoms with Crippen molar-refractivity contribution >= 4 is 5.97 Å². The molecule has 0 saturated heterocycles. The van der Waals surface area contributed by atoms with Crippen molar-refractivity contribution in [3.8, 4) is 0 Å². The van der Waals surface area contributed by atoms with Gasteiger partial charge in [-0.2, -0.15) is 0 Å². The van der Waals surface area contributed by atoms with Crippen molar-refractivity contribution in [2.24, 2.45) is 5.92 Å². The quantitative estimate of drug-likeness (QED) is 0.631. The molecule has 3 nitrogen and oxygen atoms in total. The Morgan fingerprint density at radius 3 is 2.36 bits per heavy atom. The third-order valence-electron chi connectivity index (χ3n) is 1.81. The molecule has 0 aliphatic carbocycles. The Balaban J connectivity index is 3.31. The van der Waals surface area contributed by atoms with E-state index in [-0.39, 0.29) is 6.42 Å². The van der Waals surface area contributed by atoms with Gasteiger partial charge in [-0.05, 0) is 12.8 Å². The first-order chi connectivity index (χ1) is 5.04. The highest BCUT2D eigenvalue weighted by molar-refractivity contribution is 5.66. The number of hydrogen-bond donors (Lipinski definition) is 2. The molecule has 0 aliphatic heterocycles. The largest absolute Gasteiger partial charge is 0.481 e. The lowest BCUT2D eigenvalue weighted by Gasteiger charge is -2.16. The van der Waals surface area contributed by atoms with Gasteiger partial charge in [0, 0.05) is 12.6 Å². The van der Waals surface area contributed by atoms with Crippen LogP contribution in [0.15, 0.2) is 0 Å². The average Bonchev–Trinajstić information content (AvgIpc) is 1.86. The lowest BCUT2D eigenvalue weighted by atomic mass is 10.1. The summed E-state index contributed by atoms with van der Waals surface area (Å²) in [5.41, 5.74) is 0. The number of aliphatic carboxylic acids is 1. The van der Waals surface area contributed by atoms with Crippen LogP contribution in [0, 0.1) is 5.92 Å². The van der Waals surface area contributed by atoms with Gasteiger partial charge in [0.1, 0.15) is 0 Å². The SMILES string of the molecule is CC(C)C(C)NCCC(=O)O. The third kappa shape index (κ3) is 5.85. The van der Waals surface area contributed by atoms with E-state index in [0.29, 0.717) is 18.5 Å². The highest BCUT2D eigenvalue weighted by Crippen LogP contribution is 1.98. The molecule has 0 aromatic heterocycles. The molecule has 0 heterocycles. The van der Waals surface area contributed by atoms with Gasteiger partial charge in [0.2, 0.25) is 0 Å². The van der Waals surface area contributed by atoms with Gasteiger partial charge in [-0.1, -0.05) is 13.8 Å². The molecule has 66 valence electrons. The summed E-state index contributed by atoms with van der Waals surface area (Å²) in [6.45, 7) is 6.85. The Labute approximate surface area is 67.8 Å². The van der Waals surface area contributed by atoms with E-state index in [0.717, 1.165) is 0 Å². The highest BCUT2D eigenvalue weighted by Gasteiger charge is 2.05. The van der Waals surface area contributed by atoms with Crippen LogP contribution in [0.3, 0.4) is 0 Å². The van der Waals surface area contributed by atoms with E-state index in [9.17, 15) is 4.79 Å². The van der Waals surface area contributed by atoms with E-state index in [4.69, 9.17) is 5.11 Å². The summed E-state index contributed by atoms with van der Waals surface area (Å²) in [7, 11) is 0. The van der Waals surface area contributed by atoms with Gasteiger partial charge in [-0.15, -0.1) is 0 Å². The molecule has 1 unspecified atom stereocenters. The Morgan fingerprint density at radius 1 is 1.45 bits per heavy atom. The van der Waals surface area contributed by atoms with Gasteiger partial charge < -0.3 is 10.4 Å². The fraction of sp³-hybridized carbons (Fsp3) is 0.875. The number of carboxylic acid groups (broad SMARTS) is 1. The van der Waals surface area contributed by atoms with Crippen molar-refractivity contribution in [3.63, 3.8) is 0 Å². The molecular weight excluding hydrogens is 142 g/mol. The van der Waals surface area contributed by atoms with Crippen molar-refractivity contribution in [3.05, 3.63) is 0 Å². The summed E-state index contributed by atoms with van der Waals surface area (Å²) >= 11 is 0. The number of carboxylic acids is 1. The van der Waals surface area contributed by atoms with E-state index >= 15 is 0 Å². The van der Waals surface area contributed by atoms with Crippen LogP contribution >= 0.6 is 0 Å². The molecule has 0 bridgehead atoms. The Hall–Kier alpha value is -0.570. The molecule has 0 aromatic rings. The van der Waals surface area contributed by atoms with Crippen LogP contribution in [-0.4, -0.2) is 23.7 Å². The fourth-order valence-corrected chi connectivity index (χ4v) is 0.642. The Kier molecular flexibility index (Phi) is 4.86. The first-order valence-electron chi connectivity index (χ1n) is 3.99. The van der Waals surface area contributed by atoms with Crippen LogP contribution < -0.4 is 5.32 Å². The Bertz CT molecular complexity index is 123. The predicted octanol–water partition coefficient (Wildman–Crippen LogP) is 1.10. The monoisotopic (exact) mass is 159 g/mol. The van der Waals surface area contributed by atoms with Gasteiger partial charge in [-0.25, -0.2) is 0 Å². The van der Waals surface area contributed by atoms with Crippen molar-refractivity contribution in [2.45, 2.75) is 33.2 Å². The number of rotatable bonds is 5. The summed E-state index contributed by atoms with van der Waals surface area (Å²) in [6.07, 6.45) is 0.205. The maximum absolute atomic E-state index is 10.1. The molecular formula is C8H17NO2. The summed E-state index contributed by atoms with van der Waals surface area (Å²) in [4.78, 5) is 10.1. The summed E-state index contributed by atoms with van der Waals surface area (Å²) < 4.78 is 0. The smallest absolute Gasteiger partial charge is 0.304 e. The van der Waals surface area contributed by atoms with Crippen LogP contribution in [0.4, 0.5) is 0 Å². The van der Waals surface area contributed by atoms with Gasteiger partial charge in [-0.3, -0.25) is 4.79 Å². The molecule has 2 N–H and O–H groups in total. The van der Waals surface area contributed by atoms with Crippen molar-refractivity contribution < 1.29 is 9.90 Å².